The molecule has 0 aliphatic carbocycles. The summed E-state index contributed by atoms with van der Waals surface area (Å²) in [5, 5.41) is 27.5. The Kier molecular flexibility index (Phi) is 21.2. The Balaban J connectivity index is 0.00000196. The van der Waals surface area contributed by atoms with Crippen molar-refractivity contribution < 1.29 is 29.3 Å². The second kappa shape index (κ2) is 26.2. The molecule has 5 rings (SSSR count). The van der Waals surface area contributed by atoms with Gasteiger partial charge >= 0.3 is 0 Å². The first-order chi connectivity index (χ1) is 29.6. The molecule has 1 amide bonds. The number of rotatable bonds is 22. The standard InChI is InChI=1S/C45H64N6O6.C4H10/c1-5-37(6-2)51(23-20-47-31-41(54)38-12-13-40(53)44(46-4)39(38)11-8-25-52)43(55)16-27-56-26-15-35-9-7-10-36(30-35)32-49-21-17-45(18-22-49)33-50(24-28-57-45)42-29-34(3)14-19-48-42;1-3-4-2/h7-14,19,25,29-30,37,41,46-47,53-54H,5-6,15-18,20-24,26-28,31-33H2,1-4H3;3-4H2,1-2H3/b11-8-;. The van der Waals surface area contributed by atoms with Gasteiger partial charge in [-0.2, -0.15) is 0 Å². The summed E-state index contributed by atoms with van der Waals surface area (Å²) in [5.74, 6) is 1.14. The Morgan fingerprint density at radius 2 is 1.79 bits per heavy atom. The number of aromatic hydroxyl groups is 1. The summed E-state index contributed by atoms with van der Waals surface area (Å²) in [6, 6.07) is 16.3. The fraction of sp³-hybridized carbons (Fsp3) is 0.571. The largest absolute Gasteiger partial charge is 0.506 e. The predicted molar refractivity (Wildman–Crippen MR) is 247 cm³/mol. The van der Waals surface area contributed by atoms with E-state index in [-0.39, 0.29) is 29.8 Å². The molecule has 12 heteroatoms. The van der Waals surface area contributed by atoms with Crippen molar-refractivity contribution in [3.8, 4) is 5.75 Å². The van der Waals surface area contributed by atoms with Crippen LogP contribution in [0.25, 0.3) is 6.08 Å². The number of aliphatic hydroxyl groups is 1. The Morgan fingerprint density at radius 1 is 1.03 bits per heavy atom. The van der Waals surface area contributed by atoms with Gasteiger partial charge in [-0.25, -0.2) is 4.98 Å². The van der Waals surface area contributed by atoms with Gasteiger partial charge in [0.15, 0.2) is 0 Å². The fourth-order valence-corrected chi connectivity index (χ4v) is 8.17. The fourth-order valence-electron chi connectivity index (χ4n) is 8.17. The number of ether oxygens (including phenoxy) is 2. The topological polar surface area (TPSA) is 140 Å². The predicted octanol–water partition coefficient (Wildman–Crippen LogP) is 7.32. The highest BCUT2D eigenvalue weighted by Crippen LogP contribution is 2.34. The minimum Gasteiger partial charge on any atom is -0.506 e. The summed E-state index contributed by atoms with van der Waals surface area (Å²) >= 11 is 0. The number of morpholine rings is 1. The number of hydrogen-bond donors (Lipinski definition) is 4. The van der Waals surface area contributed by atoms with E-state index in [4.69, 9.17) is 9.47 Å². The van der Waals surface area contributed by atoms with E-state index in [1.165, 1.54) is 41.7 Å². The van der Waals surface area contributed by atoms with Gasteiger partial charge in [-0.15, -0.1) is 0 Å². The van der Waals surface area contributed by atoms with E-state index >= 15 is 0 Å². The summed E-state index contributed by atoms with van der Waals surface area (Å²) in [4.78, 5) is 35.9. The molecule has 1 aromatic heterocycles. The van der Waals surface area contributed by atoms with E-state index in [1.807, 2.05) is 17.2 Å². The molecule has 336 valence electrons. The third-order valence-electron chi connectivity index (χ3n) is 11.9. The van der Waals surface area contributed by atoms with E-state index in [1.54, 1.807) is 19.2 Å². The van der Waals surface area contributed by atoms with Crippen LogP contribution in [-0.4, -0.2) is 122 Å². The van der Waals surface area contributed by atoms with Gasteiger partial charge in [-0.1, -0.05) is 70.9 Å². The number of benzene rings is 2. The van der Waals surface area contributed by atoms with Crippen LogP contribution in [0.1, 0.15) is 107 Å². The molecule has 4 N–H and O–H groups in total. The first kappa shape index (κ1) is 49.3. The molecular formula is C49H74N6O6. The number of anilines is 2. The average molecular weight is 843 g/mol. The number of nitrogens with zero attached hydrogens (tertiary/aromatic N) is 4. The highest BCUT2D eigenvalue weighted by molar-refractivity contribution is 5.81. The number of aryl methyl sites for hydroxylation is 1. The van der Waals surface area contributed by atoms with E-state index in [0.717, 1.165) is 77.3 Å². The monoisotopic (exact) mass is 843 g/mol. The maximum absolute atomic E-state index is 13.4. The number of amides is 1. The number of likely N-dealkylation sites (tertiary alicyclic amines) is 1. The molecule has 0 saturated carbocycles. The van der Waals surface area contributed by atoms with Gasteiger partial charge in [-0.3, -0.25) is 14.5 Å². The normalized spacial score (nSPS) is 15.8. The molecule has 3 heterocycles. The van der Waals surface area contributed by atoms with Crippen molar-refractivity contribution >= 4 is 29.8 Å². The van der Waals surface area contributed by atoms with Crippen LogP contribution in [0.15, 0.2) is 60.8 Å². The maximum atomic E-state index is 13.4. The van der Waals surface area contributed by atoms with E-state index in [0.29, 0.717) is 55.8 Å². The first-order valence-corrected chi connectivity index (χ1v) is 22.6. The summed E-state index contributed by atoms with van der Waals surface area (Å²) in [6.07, 6.45) is 12.0. The Bertz CT molecular complexity index is 1790. The summed E-state index contributed by atoms with van der Waals surface area (Å²) in [5.41, 5.74) is 5.22. The Morgan fingerprint density at radius 3 is 2.48 bits per heavy atom. The minimum absolute atomic E-state index is 0.0294. The molecule has 61 heavy (non-hydrogen) atoms. The molecule has 0 radical (unpaired) electrons. The second-order valence-corrected chi connectivity index (χ2v) is 16.3. The number of piperidine rings is 1. The number of phenolic OH excluding ortho intramolecular Hbond substituents is 1. The third kappa shape index (κ3) is 15.2. The van der Waals surface area contributed by atoms with Gasteiger partial charge in [-0.05, 0) is 91.6 Å². The van der Waals surface area contributed by atoms with Gasteiger partial charge in [0.25, 0.3) is 0 Å². The number of allylic oxidation sites excluding steroid dienone is 1. The van der Waals surface area contributed by atoms with Crippen LogP contribution >= 0.6 is 0 Å². The van der Waals surface area contributed by atoms with Gasteiger partial charge in [0.1, 0.15) is 17.9 Å². The van der Waals surface area contributed by atoms with Crippen LogP contribution in [0.3, 0.4) is 0 Å². The summed E-state index contributed by atoms with van der Waals surface area (Å²) in [7, 11) is 1.67. The molecule has 2 saturated heterocycles. The molecule has 0 bridgehead atoms. The maximum Gasteiger partial charge on any atom is 0.225 e. The number of unbranched alkanes of at least 4 members (excludes halogenated alkanes) is 1. The molecule has 1 atom stereocenters. The van der Waals surface area contributed by atoms with Gasteiger partial charge < -0.3 is 40.1 Å². The number of nitrogens with one attached hydrogen (secondary N) is 2. The molecule has 12 nitrogen and oxygen atoms in total. The number of carbonyl (C=O) groups excluding carboxylic acids is 2. The number of pyridine rings is 1. The number of aromatic nitrogens is 1. The lowest BCUT2D eigenvalue weighted by Crippen LogP contribution is -2.57. The lowest BCUT2D eigenvalue weighted by molar-refractivity contribution is -0.134. The number of hydrogen-bond acceptors (Lipinski definition) is 11. The van der Waals surface area contributed by atoms with E-state index in [9.17, 15) is 19.8 Å². The summed E-state index contributed by atoms with van der Waals surface area (Å²) < 4.78 is 12.4. The molecule has 2 fully saturated rings. The molecule has 1 spiro atoms. The highest BCUT2D eigenvalue weighted by Gasteiger charge is 2.40. The lowest BCUT2D eigenvalue weighted by Gasteiger charge is -2.47. The smallest absolute Gasteiger partial charge is 0.225 e. The summed E-state index contributed by atoms with van der Waals surface area (Å²) in [6.45, 7) is 18.3. The van der Waals surface area contributed by atoms with E-state index in [2.05, 4.69) is 90.4 Å². The average Bonchev–Trinajstić information content (AvgIpc) is 3.27. The SMILES string of the molecule is CCC(CC)N(CCNCC(O)c1ccc(O)c(NC)c1/C=C\C=O)C(=O)CCOCCc1cccc(CN2CCC3(CC2)CN(c2cc(C)ccn2)CCO3)c1.CCCC. The minimum atomic E-state index is -0.890. The van der Waals surface area contributed by atoms with Crippen LogP contribution < -0.4 is 15.5 Å². The van der Waals surface area contributed by atoms with Gasteiger partial charge in [0.05, 0.1) is 43.6 Å². The van der Waals surface area contributed by atoms with Crippen molar-refractivity contribution in [1.82, 2.24) is 20.1 Å². The molecule has 2 aromatic carbocycles. The Labute approximate surface area is 365 Å². The molecule has 1 unspecified atom stereocenters. The number of aliphatic hydroxyl groups excluding tert-OH is 1. The van der Waals surface area contributed by atoms with Gasteiger partial charge in [0.2, 0.25) is 5.91 Å². The quantitative estimate of drug-likeness (QED) is 0.0351. The number of aldehydes is 1. The molecule has 2 aliphatic heterocycles. The second-order valence-electron chi connectivity index (χ2n) is 16.3. The molecule has 3 aromatic rings. The van der Waals surface area contributed by atoms with E-state index < -0.39 is 6.10 Å². The van der Waals surface area contributed by atoms with Crippen LogP contribution in [0.4, 0.5) is 11.5 Å². The first-order valence-electron chi connectivity index (χ1n) is 22.6. The molecular weight excluding hydrogens is 769 g/mol. The van der Waals surface area contributed by atoms with Crippen molar-refractivity contribution in [2.75, 3.05) is 82.9 Å². The van der Waals surface area contributed by atoms with Gasteiger partial charge in [0, 0.05) is 77.2 Å². The van der Waals surface area contributed by atoms with Crippen molar-refractivity contribution in [3.05, 3.63) is 88.6 Å². The zero-order valence-corrected chi connectivity index (χ0v) is 37.8. The van der Waals surface area contributed by atoms with Crippen molar-refractivity contribution in [2.24, 2.45) is 0 Å². The highest BCUT2D eigenvalue weighted by atomic mass is 16.5. The number of phenols is 1. The Hall–Kier alpha value is -4.33. The van der Waals surface area contributed by atoms with Crippen molar-refractivity contribution in [3.63, 3.8) is 0 Å². The van der Waals surface area contributed by atoms with Crippen molar-refractivity contribution in [1.29, 1.82) is 0 Å². The van der Waals surface area contributed by atoms with Crippen LogP contribution in [-0.2, 0) is 32.0 Å². The van der Waals surface area contributed by atoms with Crippen LogP contribution in [0, 0.1) is 6.92 Å². The van der Waals surface area contributed by atoms with Crippen LogP contribution in [0.2, 0.25) is 0 Å². The molecule has 2 aliphatic rings. The lowest BCUT2D eigenvalue weighted by atomic mass is 9.89. The zero-order valence-electron chi connectivity index (χ0n) is 37.8. The zero-order chi connectivity index (χ0) is 44.0. The van der Waals surface area contributed by atoms with Crippen LogP contribution in [0.5, 0.6) is 5.75 Å². The van der Waals surface area contributed by atoms with Crippen molar-refractivity contribution in [2.45, 2.75) is 110 Å². The number of carbonyl (C=O) groups is 2. The third-order valence-corrected chi connectivity index (χ3v) is 11.9.